The summed E-state index contributed by atoms with van der Waals surface area (Å²) in [5.74, 6) is -0.659. The van der Waals surface area contributed by atoms with E-state index in [4.69, 9.17) is 4.43 Å². The number of benzene rings is 3. The van der Waals surface area contributed by atoms with Gasteiger partial charge in [0, 0.05) is 39.0 Å². The van der Waals surface area contributed by atoms with Crippen LogP contribution in [0.25, 0.3) is 43.6 Å². The number of aromatic amines is 1. The van der Waals surface area contributed by atoms with Crippen molar-refractivity contribution in [3.8, 4) is 0 Å². The minimum Gasteiger partial charge on any atom is -0.410 e. The quantitative estimate of drug-likeness (QED) is 0.150. The van der Waals surface area contributed by atoms with E-state index < -0.39 is 8.32 Å². The number of nitrogens with one attached hydrogen (secondary N) is 2. The lowest BCUT2D eigenvalue weighted by atomic mass is 9.96. The van der Waals surface area contributed by atoms with Crippen molar-refractivity contribution in [3.63, 3.8) is 0 Å². The third kappa shape index (κ3) is 3.09. The third-order valence-electron chi connectivity index (χ3n) is 8.89. The van der Waals surface area contributed by atoms with Crippen LogP contribution in [0.4, 0.5) is 0 Å². The van der Waals surface area contributed by atoms with Crippen LogP contribution in [0.2, 0.25) is 18.1 Å². The maximum Gasteiger partial charge on any atom is 0.259 e. The molecule has 3 aromatic carbocycles. The highest BCUT2D eigenvalue weighted by Crippen LogP contribution is 2.46. The molecule has 5 aromatic rings. The molecule has 2 N–H and O–H groups in total. The van der Waals surface area contributed by atoms with E-state index in [9.17, 15) is 9.59 Å². The first-order valence-corrected chi connectivity index (χ1v) is 16.2. The molecule has 7 rings (SSSR count). The van der Waals surface area contributed by atoms with Crippen LogP contribution >= 0.6 is 0 Å². The molecule has 3 heterocycles. The molecule has 1 aliphatic carbocycles. The predicted octanol–water partition coefficient (Wildman–Crippen LogP) is 7.20. The average molecular weight is 522 g/mol. The van der Waals surface area contributed by atoms with Crippen molar-refractivity contribution in [2.45, 2.75) is 57.5 Å². The van der Waals surface area contributed by atoms with Crippen LogP contribution < -0.4 is 5.32 Å². The first-order chi connectivity index (χ1) is 18.1. The zero-order valence-corrected chi connectivity index (χ0v) is 23.3. The molecule has 1 aliphatic heterocycles. The van der Waals surface area contributed by atoms with Gasteiger partial charge in [-0.1, -0.05) is 69.3 Å². The van der Waals surface area contributed by atoms with Gasteiger partial charge in [-0.05, 0) is 30.3 Å². The largest absolute Gasteiger partial charge is 0.410 e. The number of carbonyl (C=O) groups is 2. The van der Waals surface area contributed by atoms with Crippen molar-refractivity contribution in [3.05, 3.63) is 71.8 Å². The van der Waals surface area contributed by atoms with Gasteiger partial charge in [-0.2, -0.15) is 0 Å². The molecule has 2 amide bonds. The molecule has 0 spiro atoms. The Morgan fingerprint density at radius 2 is 1.55 bits per heavy atom. The molecule has 6 nitrogen and oxygen atoms in total. The second kappa shape index (κ2) is 7.68. The van der Waals surface area contributed by atoms with Gasteiger partial charge >= 0.3 is 0 Å². The number of amides is 2. The summed E-state index contributed by atoms with van der Waals surface area (Å²) in [7, 11) is -1.95. The first kappa shape index (κ1) is 23.4. The number of hydrogen-bond acceptors (Lipinski definition) is 3. The van der Waals surface area contributed by atoms with E-state index >= 15 is 0 Å². The van der Waals surface area contributed by atoms with E-state index in [0.717, 1.165) is 50.0 Å². The van der Waals surface area contributed by atoms with Gasteiger partial charge in [0.05, 0.1) is 34.3 Å². The normalized spacial score (nSPS) is 19.9. The highest BCUT2D eigenvalue weighted by Gasteiger charge is 2.41. The maximum atomic E-state index is 13.3. The van der Waals surface area contributed by atoms with Crippen LogP contribution in [0.5, 0.6) is 0 Å². The van der Waals surface area contributed by atoms with Gasteiger partial charge in [0.1, 0.15) is 0 Å². The monoisotopic (exact) mass is 521 g/mol. The lowest BCUT2D eigenvalue weighted by molar-refractivity contribution is 0.0880. The SMILES string of the molecule is CC(C)(C)[Si](C)(C)O[C@H]1C=C[C@@H](n2c3ccccc3c3c4c(c5c6ccccc6[nH]c5c32)C(=O)NC4=O)C1. The number of rotatable bonds is 3. The highest BCUT2D eigenvalue weighted by atomic mass is 28.4. The Labute approximate surface area is 221 Å². The molecule has 7 heteroatoms. The van der Waals surface area contributed by atoms with Crippen LogP contribution in [0.3, 0.4) is 0 Å². The van der Waals surface area contributed by atoms with Crippen LogP contribution in [0.1, 0.15) is 53.9 Å². The summed E-state index contributed by atoms with van der Waals surface area (Å²) in [5.41, 5.74) is 4.80. The maximum absolute atomic E-state index is 13.3. The van der Waals surface area contributed by atoms with E-state index in [1.807, 2.05) is 36.4 Å². The number of hydrogen-bond donors (Lipinski definition) is 2. The molecule has 2 aliphatic rings. The Morgan fingerprint density at radius 1 is 0.895 bits per heavy atom. The van der Waals surface area contributed by atoms with Gasteiger partial charge in [0.15, 0.2) is 8.32 Å². The molecule has 0 radical (unpaired) electrons. The number of allylic oxidation sites excluding steroid dienone is 1. The number of fused-ring (bicyclic) bond motifs is 10. The third-order valence-corrected chi connectivity index (χ3v) is 13.4. The number of imide groups is 1. The summed E-state index contributed by atoms with van der Waals surface area (Å²) in [6.07, 6.45) is 5.31. The Bertz CT molecular complexity index is 1870. The van der Waals surface area contributed by atoms with Gasteiger partial charge < -0.3 is 14.0 Å². The zero-order chi connectivity index (χ0) is 26.6. The standard InChI is InChI=1S/C31H31N3O3Si/c1-31(2,3)38(4,5)37-18-15-14-17(16-18)34-22-13-9-7-11-20(22)24-26-25(29(35)33-30(26)36)23-19-10-6-8-12-21(19)32-27(23)28(24)34/h6-15,17-18,32H,16H2,1-5H3,(H,33,35,36)/t17-,18+/m1/s1. The second-order valence-corrected chi connectivity index (χ2v) is 16.9. The van der Waals surface area contributed by atoms with E-state index in [1.54, 1.807) is 0 Å². The summed E-state index contributed by atoms with van der Waals surface area (Å²) in [4.78, 5) is 30.1. The van der Waals surface area contributed by atoms with Crippen LogP contribution in [0.15, 0.2) is 60.7 Å². The molecule has 0 saturated carbocycles. The Balaban J connectivity index is 1.52. The molecule has 0 unspecified atom stereocenters. The Morgan fingerprint density at radius 3 is 2.29 bits per heavy atom. The first-order valence-electron chi connectivity index (χ1n) is 13.3. The van der Waals surface area contributed by atoms with Crippen LogP contribution in [-0.4, -0.2) is 35.8 Å². The topological polar surface area (TPSA) is 76.1 Å². The molecule has 0 fully saturated rings. The summed E-state index contributed by atoms with van der Waals surface area (Å²) >= 11 is 0. The van der Waals surface area contributed by atoms with Crippen molar-refractivity contribution in [2.75, 3.05) is 0 Å². The second-order valence-electron chi connectivity index (χ2n) is 12.2. The van der Waals surface area contributed by atoms with Crippen molar-refractivity contribution in [1.29, 1.82) is 0 Å². The smallest absolute Gasteiger partial charge is 0.259 e. The van der Waals surface area contributed by atoms with Gasteiger partial charge in [0.25, 0.3) is 11.8 Å². The van der Waals surface area contributed by atoms with E-state index in [-0.39, 0.29) is 29.0 Å². The lowest BCUT2D eigenvalue weighted by Crippen LogP contribution is -2.43. The molecule has 0 bridgehead atoms. The molecular formula is C31H31N3O3Si. The van der Waals surface area contributed by atoms with Gasteiger partial charge in [-0.15, -0.1) is 0 Å². The summed E-state index contributed by atoms with van der Waals surface area (Å²) in [5, 5.41) is 6.28. The molecule has 0 saturated heterocycles. The number of aromatic nitrogens is 2. The van der Waals surface area contributed by atoms with Gasteiger partial charge in [-0.3, -0.25) is 14.9 Å². The summed E-state index contributed by atoms with van der Waals surface area (Å²) < 4.78 is 9.13. The molecule has 38 heavy (non-hydrogen) atoms. The van der Waals surface area contributed by atoms with Crippen molar-refractivity contribution >= 4 is 63.7 Å². The van der Waals surface area contributed by atoms with Crippen molar-refractivity contribution in [2.24, 2.45) is 0 Å². The number of nitrogens with zero attached hydrogens (tertiary/aromatic N) is 1. The van der Waals surface area contributed by atoms with E-state index in [1.165, 1.54) is 0 Å². The average Bonchev–Trinajstić information content (AvgIpc) is 3.60. The fourth-order valence-electron chi connectivity index (χ4n) is 6.10. The molecular weight excluding hydrogens is 490 g/mol. The molecule has 192 valence electrons. The summed E-state index contributed by atoms with van der Waals surface area (Å²) in [6.45, 7) is 11.4. The zero-order valence-electron chi connectivity index (χ0n) is 22.3. The minimum atomic E-state index is -1.95. The van der Waals surface area contributed by atoms with E-state index in [2.05, 4.69) is 73.0 Å². The predicted molar refractivity (Wildman–Crippen MR) is 155 cm³/mol. The molecule has 2 atom stereocenters. The van der Waals surface area contributed by atoms with Gasteiger partial charge in [-0.25, -0.2) is 0 Å². The number of H-pyrrole nitrogens is 1. The Hall–Kier alpha value is -3.68. The van der Waals surface area contributed by atoms with E-state index in [0.29, 0.717) is 11.1 Å². The fourth-order valence-corrected chi connectivity index (χ4v) is 7.38. The summed E-state index contributed by atoms with van der Waals surface area (Å²) in [6, 6.07) is 16.2. The van der Waals surface area contributed by atoms with Crippen LogP contribution in [0, 0.1) is 0 Å². The number of para-hydroxylation sites is 2. The van der Waals surface area contributed by atoms with Crippen LogP contribution in [-0.2, 0) is 4.43 Å². The Kier molecular flexibility index (Phi) is 4.74. The number of carbonyl (C=O) groups excluding carboxylic acids is 2. The minimum absolute atomic E-state index is 0.0367. The van der Waals surface area contributed by atoms with Gasteiger partial charge in [0.2, 0.25) is 0 Å². The lowest BCUT2D eigenvalue weighted by Gasteiger charge is -2.38. The fraction of sp³-hybridized carbons (Fsp3) is 0.290. The van der Waals surface area contributed by atoms with Crippen molar-refractivity contribution in [1.82, 2.24) is 14.9 Å². The molecule has 2 aromatic heterocycles. The highest BCUT2D eigenvalue weighted by molar-refractivity contribution is 6.74. The van der Waals surface area contributed by atoms with Crippen molar-refractivity contribution < 1.29 is 14.0 Å².